The Morgan fingerprint density at radius 1 is 1.00 bits per heavy atom. The number of carbonyl (C=O) groups excluding carboxylic acids is 2. The highest BCUT2D eigenvalue weighted by Gasteiger charge is 2.30. The normalized spacial score (nSPS) is 11.1. The summed E-state index contributed by atoms with van der Waals surface area (Å²) >= 11 is 0. The second kappa shape index (κ2) is 7.34. The second-order valence-corrected chi connectivity index (χ2v) is 5.23. The molecule has 0 unspecified atom stereocenters. The zero-order chi connectivity index (χ0) is 19.5. The summed E-state index contributed by atoms with van der Waals surface area (Å²) in [6.07, 6.45) is -4.45. The molecule has 0 aliphatic carbocycles. The van der Waals surface area contributed by atoms with Crippen LogP contribution in [0.25, 0.3) is 0 Å². The molecule has 2 rings (SSSR count). The van der Waals surface area contributed by atoms with Gasteiger partial charge >= 0.3 is 12.1 Å². The first-order valence-electron chi connectivity index (χ1n) is 7.22. The van der Waals surface area contributed by atoms with Gasteiger partial charge in [0.15, 0.2) is 11.5 Å². The lowest BCUT2D eigenvalue weighted by molar-refractivity contribution is -0.137. The average molecular weight is 369 g/mol. The molecule has 0 radical (unpaired) electrons. The molecule has 0 aliphatic heterocycles. The SMILES string of the molecule is COC(=O)c1ccc(C(=O)NCc2ccc(C(F)(F)F)cc2)c(O)c1O. The maximum Gasteiger partial charge on any atom is 0.416 e. The van der Waals surface area contributed by atoms with Crippen LogP contribution in [0.3, 0.4) is 0 Å². The fourth-order valence-corrected chi connectivity index (χ4v) is 2.13. The van der Waals surface area contributed by atoms with E-state index in [1.165, 1.54) is 12.1 Å². The minimum absolute atomic E-state index is 0.101. The lowest BCUT2D eigenvalue weighted by atomic mass is 10.1. The molecule has 3 N–H and O–H groups in total. The molecule has 0 saturated carbocycles. The Labute approximate surface area is 145 Å². The van der Waals surface area contributed by atoms with Crippen molar-refractivity contribution in [1.82, 2.24) is 5.32 Å². The van der Waals surface area contributed by atoms with E-state index in [0.29, 0.717) is 5.56 Å². The number of rotatable bonds is 4. The van der Waals surface area contributed by atoms with E-state index < -0.39 is 35.1 Å². The van der Waals surface area contributed by atoms with Gasteiger partial charge in [-0.15, -0.1) is 0 Å². The number of phenolic OH excluding ortho intramolecular Hbond substituents is 2. The van der Waals surface area contributed by atoms with Crippen molar-refractivity contribution in [3.05, 3.63) is 58.7 Å². The van der Waals surface area contributed by atoms with Crippen LogP contribution in [0.5, 0.6) is 11.5 Å². The van der Waals surface area contributed by atoms with Crippen molar-refractivity contribution in [2.75, 3.05) is 7.11 Å². The van der Waals surface area contributed by atoms with Gasteiger partial charge in [-0.05, 0) is 29.8 Å². The predicted molar refractivity (Wildman–Crippen MR) is 83.7 cm³/mol. The summed E-state index contributed by atoms with van der Waals surface area (Å²) in [6, 6.07) is 6.41. The van der Waals surface area contributed by atoms with Gasteiger partial charge in [0.2, 0.25) is 0 Å². The number of ether oxygens (including phenoxy) is 1. The molecule has 6 nitrogen and oxygen atoms in total. The van der Waals surface area contributed by atoms with E-state index in [2.05, 4.69) is 10.1 Å². The number of phenols is 2. The van der Waals surface area contributed by atoms with Gasteiger partial charge in [-0.1, -0.05) is 12.1 Å². The quantitative estimate of drug-likeness (QED) is 0.569. The lowest BCUT2D eigenvalue weighted by Gasteiger charge is -2.11. The van der Waals surface area contributed by atoms with Crippen molar-refractivity contribution >= 4 is 11.9 Å². The largest absolute Gasteiger partial charge is 0.504 e. The van der Waals surface area contributed by atoms with Crippen LogP contribution in [0, 0.1) is 0 Å². The Kier molecular flexibility index (Phi) is 5.39. The van der Waals surface area contributed by atoms with Crippen LogP contribution in [0.15, 0.2) is 36.4 Å². The third-order valence-electron chi connectivity index (χ3n) is 3.54. The Hall–Kier alpha value is -3.23. The number of hydrogen-bond acceptors (Lipinski definition) is 5. The van der Waals surface area contributed by atoms with Gasteiger partial charge in [-0.25, -0.2) is 4.79 Å². The van der Waals surface area contributed by atoms with E-state index >= 15 is 0 Å². The molecule has 2 aromatic rings. The highest BCUT2D eigenvalue weighted by molar-refractivity contribution is 6.01. The first-order chi connectivity index (χ1) is 12.1. The highest BCUT2D eigenvalue weighted by Crippen LogP contribution is 2.33. The Morgan fingerprint density at radius 2 is 1.54 bits per heavy atom. The first kappa shape index (κ1) is 19.1. The fourth-order valence-electron chi connectivity index (χ4n) is 2.13. The minimum Gasteiger partial charge on any atom is -0.504 e. The van der Waals surface area contributed by atoms with E-state index in [4.69, 9.17) is 0 Å². The third kappa shape index (κ3) is 4.05. The van der Waals surface area contributed by atoms with Gasteiger partial charge in [-0.3, -0.25) is 4.79 Å². The van der Waals surface area contributed by atoms with Crippen molar-refractivity contribution in [3.63, 3.8) is 0 Å². The van der Waals surface area contributed by atoms with Crippen LogP contribution in [-0.2, 0) is 17.5 Å². The number of halogens is 3. The molecule has 0 saturated heterocycles. The van der Waals surface area contributed by atoms with Crippen LogP contribution < -0.4 is 5.32 Å². The van der Waals surface area contributed by atoms with Crippen molar-refractivity contribution in [1.29, 1.82) is 0 Å². The van der Waals surface area contributed by atoms with Crippen molar-refractivity contribution in [2.24, 2.45) is 0 Å². The zero-order valence-corrected chi connectivity index (χ0v) is 13.4. The van der Waals surface area contributed by atoms with Crippen LogP contribution in [-0.4, -0.2) is 29.2 Å². The molecule has 0 aliphatic rings. The first-order valence-corrected chi connectivity index (χ1v) is 7.22. The Bertz CT molecular complexity index is 832. The number of aromatic hydroxyl groups is 2. The molecular formula is C17H14F3NO5. The van der Waals surface area contributed by atoms with E-state index in [1.54, 1.807) is 0 Å². The smallest absolute Gasteiger partial charge is 0.416 e. The summed E-state index contributed by atoms with van der Waals surface area (Å²) in [5.74, 6) is -3.29. The number of carbonyl (C=O) groups is 2. The van der Waals surface area contributed by atoms with Crippen molar-refractivity contribution in [2.45, 2.75) is 12.7 Å². The molecule has 0 heterocycles. The lowest BCUT2D eigenvalue weighted by Crippen LogP contribution is -2.23. The molecular weight excluding hydrogens is 355 g/mol. The molecule has 2 aromatic carbocycles. The standard InChI is InChI=1S/C17H14F3NO5/c1-26-16(25)12-7-6-11(13(22)14(12)23)15(24)21-8-9-2-4-10(5-3-9)17(18,19)20/h2-7,22-23H,8H2,1H3,(H,21,24). The zero-order valence-electron chi connectivity index (χ0n) is 13.4. The second-order valence-electron chi connectivity index (χ2n) is 5.23. The predicted octanol–water partition coefficient (Wildman–Crippen LogP) is 2.83. The van der Waals surface area contributed by atoms with Gasteiger partial charge in [0.1, 0.15) is 5.56 Å². The van der Waals surface area contributed by atoms with Crippen LogP contribution in [0.1, 0.15) is 31.8 Å². The summed E-state index contributed by atoms with van der Waals surface area (Å²) in [5, 5.41) is 22.1. The number of nitrogens with one attached hydrogen (secondary N) is 1. The summed E-state index contributed by atoms with van der Waals surface area (Å²) < 4.78 is 41.9. The molecule has 0 fully saturated rings. The average Bonchev–Trinajstić information content (AvgIpc) is 2.61. The molecule has 0 spiro atoms. The minimum atomic E-state index is -4.45. The summed E-state index contributed by atoms with van der Waals surface area (Å²) in [6.45, 7) is -0.101. The topological polar surface area (TPSA) is 95.9 Å². The number of esters is 1. The number of benzene rings is 2. The number of amides is 1. The molecule has 0 atom stereocenters. The molecule has 26 heavy (non-hydrogen) atoms. The highest BCUT2D eigenvalue weighted by atomic mass is 19.4. The number of methoxy groups -OCH3 is 1. The van der Waals surface area contributed by atoms with Gasteiger partial charge in [0.05, 0.1) is 18.2 Å². The van der Waals surface area contributed by atoms with E-state index in [9.17, 15) is 33.0 Å². The van der Waals surface area contributed by atoms with Crippen LogP contribution in [0.2, 0.25) is 0 Å². The van der Waals surface area contributed by atoms with E-state index in [-0.39, 0.29) is 17.7 Å². The fraction of sp³-hybridized carbons (Fsp3) is 0.176. The van der Waals surface area contributed by atoms with Gasteiger partial charge in [0.25, 0.3) is 5.91 Å². The van der Waals surface area contributed by atoms with Gasteiger partial charge in [-0.2, -0.15) is 13.2 Å². The monoisotopic (exact) mass is 369 g/mol. The summed E-state index contributed by atoms with van der Waals surface area (Å²) in [4.78, 5) is 23.5. The number of hydrogen-bond donors (Lipinski definition) is 3. The number of alkyl halides is 3. The maximum atomic E-state index is 12.5. The summed E-state index contributed by atoms with van der Waals surface area (Å²) in [7, 11) is 1.09. The van der Waals surface area contributed by atoms with Crippen LogP contribution in [0.4, 0.5) is 13.2 Å². The van der Waals surface area contributed by atoms with Crippen LogP contribution >= 0.6 is 0 Å². The maximum absolute atomic E-state index is 12.5. The van der Waals surface area contributed by atoms with Gasteiger partial charge in [0, 0.05) is 6.54 Å². The molecule has 1 amide bonds. The molecule has 138 valence electrons. The van der Waals surface area contributed by atoms with E-state index in [0.717, 1.165) is 31.4 Å². The molecule has 0 bridgehead atoms. The Balaban J connectivity index is 2.11. The Morgan fingerprint density at radius 3 is 2.08 bits per heavy atom. The van der Waals surface area contributed by atoms with E-state index in [1.807, 2.05) is 0 Å². The van der Waals surface area contributed by atoms with Crippen molar-refractivity contribution in [3.8, 4) is 11.5 Å². The van der Waals surface area contributed by atoms with Gasteiger partial charge < -0.3 is 20.3 Å². The molecule has 0 aromatic heterocycles. The third-order valence-corrected chi connectivity index (χ3v) is 3.54. The van der Waals surface area contributed by atoms with Crippen molar-refractivity contribution < 1.29 is 37.7 Å². The summed E-state index contributed by atoms with van der Waals surface area (Å²) in [5.41, 5.74) is -1.03. The molecule has 9 heteroatoms.